The van der Waals surface area contributed by atoms with Crippen LogP contribution in [0.4, 0.5) is 5.82 Å². The molecule has 62 valence electrons. The van der Waals surface area contributed by atoms with E-state index in [1.165, 1.54) is 0 Å². The highest BCUT2D eigenvalue weighted by Gasteiger charge is 2.10. The van der Waals surface area contributed by atoms with Crippen LogP contribution in [0.2, 0.25) is 0 Å². The van der Waals surface area contributed by atoms with Crippen molar-refractivity contribution >= 4 is 17.5 Å². The van der Waals surface area contributed by atoms with E-state index in [4.69, 9.17) is 5.73 Å². The van der Waals surface area contributed by atoms with Crippen LogP contribution in [-0.2, 0) is 7.05 Å². The van der Waals surface area contributed by atoms with Crippen LogP contribution in [0.15, 0.2) is 6.20 Å². The quantitative estimate of drug-likeness (QED) is 0.666. The fraction of sp³-hybridized carbons (Fsp3) is 0.200. The number of hydrogen-bond donors (Lipinski definition) is 1. The van der Waals surface area contributed by atoms with Crippen LogP contribution in [-0.4, -0.2) is 23.7 Å². The van der Waals surface area contributed by atoms with Gasteiger partial charge in [0, 0.05) is 7.05 Å². The normalized spacial score (nSPS) is 10.4. The number of anilines is 1. The van der Waals surface area contributed by atoms with Crippen LogP contribution in [0.25, 0.3) is 11.4 Å². The molecule has 7 heteroatoms. The Kier molecular flexibility index (Phi) is 1.51. The van der Waals surface area contributed by atoms with Gasteiger partial charge in [-0.15, -0.1) is 5.10 Å². The zero-order valence-electron chi connectivity index (χ0n) is 6.30. The molecule has 2 heterocycles. The van der Waals surface area contributed by atoms with E-state index in [9.17, 15) is 0 Å². The van der Waals surface area contributed by atoms with Gasteiger partial charge in [-0.3, -0.25) is 0 Å². The van der Waals surface area contributed by atoms with E-state index in [-0.39, 0.29) is 0 Å². The molecular formula is C5H6N6S. The van der Waals surface area contributed by atoms with Gasteiger partial charge in [0.25, 0.3) is 0 Å². The molecule has 0 aliphatic carbocycles. The summed E-state index contributed by atoms with van der Waals surface area (Å²) < 4.78 is 9.48. The van der Waals surface area contributed by atoms with E-state index in [0.29, 0.717) is 11.5 Å². The van der Waals surface area contributed by atoms with Crippen LogP contribution < -0.4 is 5.73 Å². The molecule has 2 aromatic rings. The second-order valence-electron chi connectivity index (χ2n) is 2.24. The molecule has 0 saturated carbocycles. The summed E-state index contributed by atoms with van der Waals surface area (Å²) in [5.74, 6) is 0.422. The van der Waals surface area contributed by atoms with Gasteiger partial charge in [0.1, 0.15) is 11.4 Å². The summed E-state index contributed by atoms with van der Waals surface area (Å²) in [6.07, 6.45) is 1.60. The van der Waals surface area contributed by atoms with Gasteiger partial charge in [-0.25, -0.2) is 4.68 Å². The summed E-state index contributed by atoms with van der Waals surface area (Å²) in [4.78, 5) is 0. The Labute approximate surface area is 72.4 Å². The first-order valence-corrected chi connectivity index (χ1v) is 3.95. The predicted molar refractivity (Wildman–Crippen MR) is 44.3 cm³/mol. The van der Waals surface area contributed by atoms with E-state index in [1.807, 2.05) is 0 Å². The molecule has 0 spiro atoms. The molecule has 0 radical (unpaired) electrons. The van der Waals surface area contributed by atoms with Crippen LogP contribution >= 0.6 is 11.7 Å². The lowest BCUT2D eigenvalue weighted by Gasteiger charge is -1.94. The van der Waals surface area contributed by atoms with Gasteiger partial charge in [0.2, 0.25) is 0 Å². The lowest BCUT2D eigenvalue weighted by molar-refractivity contribution is 0.720. The fourth-order valence-electron chi connectivity index (χ4n) is 0.877. The van der Waals surface area contributed by atoms with Crippen molar-refractivity contribution in [2.45, 2.75) is 0 Å². The minimum absolute atomic E-state index is 0.422. The third-order valence-corrected chi connectivity index (χ3v) is 2.01. The molecule has 0 aromatic carbocycles. The van der Waals surface area contributed by atoms with Gasteiger partial charge >= 0.3 is 0 Å². The van der Waals surface area contributed by atoms with Gasteiger partial charge < -0.3 is 5.73 Å². The van der Waals surface area contributed by atoms with Crippen molar-refractivity contribution in [2.24, 2.45) is 7.05 Å². The summed E-state index contributed by atoms with van der Waals surface area (Å²) in [6.45, 7) is 0. The number of hydrogen-bond acceptors (Lipinski definition) is 6. The first kappa shape index (κ1) is 7.17. The molecule has 0 saturated heterocycles. The molecule has 0 unspecified atom stereocenters. The van der Waals surface area contributed by atoms with E-state index in [1.54, 1.807) is 17.9 Å². The van der Waals surface area contributed by atoms with Crippen molar-refractivity contribution in [3.63, 3.8) is 0 Å². The van der Waals surface area contributed by atoms with Crippen LogP contribution in [0.1, 0.15) is 0 Å². The average Bonchev–Trinajstić information content (AvgIpc) is 2.59. The summed E-state index contributed by atoms with van der Waals surface area (Å²) in [7, 11) is 1.78. The SMILES string of the molecule is Cn1nncc1-c1nsnc1N. The molecule has 0 amide bonds. The molecule has 0 aliphatic rings. The van der Waals surface area contributed by atoms with E-state index in [0.717, 1.165) is 17.4 Å². The van der Waals surface area contributed by atoms with Gasteiger partial charge in [0.15, 0.2) is 5.82 Å². The minimum atomic E-state index is 0.422. The summed E-state index contributed by atoms with van der Waals surface area (Å²) >= 11 is 1.08. The molecular weight excluding hydrogens is 176 g/mol. The maximum Gasteiger partial charge on any atom is 0.167 e. The highest BCUT2D eigenvalue weighted by Crippen LogP contribution is 2.20. The topological polar surface area (TPSA) is 82.5 Å². The monoisotopic (exact) mass is 182 g/mol. The first-order chi connectivity index (χ1) is 5.79. The Morgan fingerprint density at radius 2 is 2.33 bits per heavy atom. The lowest BCUT2D eigenvalue weighted by Crippen LogP contribution is -1.96. The average molecular weight is 182 g/mol. The molecule has 0 bridgehead atoms. The van der Waals surface area contributed by atoms with Gasteiger partial charge in [-0.1, -0.05) is 5.21 Å². The second kappa shape index (κ2) is 2.52. The van der Waals surface area contributed by atoms with Crippen molar-refractivity contribution in [3.8, 4) is 11.4 Å². The fourth-order valence-corrected chi connectivity index (χ4v) is 1.36. The van der Waals surface area contributed by atoms with Crippen molar-refractivity contribution in [1.29, 1.82) is 0 Å². The highest BCUT2D eigenvalue weighted by molar-refractivity contribution is 6.99. The van der Waals surface area contributed by atoms with Crippen molar-refractivity contribution in [1.82, 2.24) is 23.7 Å². The molecule has 0 atom stereocenters. The number of aryl methyl sites for hydroxylation is 1. The standard InChI is InChI=1S/C5H6N6S/c1-11-3(2-7-10-11)4-5(6)9-12-8-4/h2H,1H3,(H2,6,9). The van der Waals surface area contributed by atoms with E-state index >= 15 is 0 Å². The maximum atomic E-state index is 5.57. The summed E-state index contributed by atoms with van der Waals surface area (Å²) in [5, 5.41) is 7.47. The predicted octanol–water partition coefficient (Wildman–Crippen LogP) is -0.0842. The molecule has 0 fully saturated rings. The lowest BCUT2D eigenvalue weighted by atomic mass is 10.3. The number of aromatic nitrogens is 5. The van der Waals surface area contributed by atoms with E-state index < -0.39 is 0 Å². The van der Waals surface area contributed by atoms with Gasteiger partial charge in [0.05, 0.1) is 17.9 Å². The minimum Gasteiger partial charge on any atom is -0.381 e. The molecule has 6 nitrogen and oxygen atoms in total. The number of nitrogens with two attached hydrogens (primary N) is 1. The Morgan fingerprint density at radius 3 is 2.83 bits per heavy atom. The van der Waals surface area contributed by atoms with Crippen molar-refractivity contribution in [2.75, 3.05) is 5.73 Å². The van der Waals surface area contributed by atoms with Crippen LogP contribution in [0.5, 0.6) is 0 Å². The largest absolute Gasteiger partial charge is 0.381 e. The highest BCUT2D eigenvalue weighted by atomic mass is 32.1. The maximum absolute atomic E-state index is 5.57. The molecule has 2 N–H and O–H groups in total. The Balaban J connectivity index is 2.57. The molecule has 2 aromatic heterocycles. The zero-order valence-corrected chi connectivity index (χ0v) is 7.12. The van der Waals surface area contributed by atoms with Gasteiger partial charge in [-0.05, 0) is 0 Å². The zero-order chi connectivity index (χ0) is 8.55. The van der Waals surface area contributed by atoms with Crippen LogP contribution in [0, 0.1) is 0 Å². The van der Waals surface area contributed by atoms with Crippen LogP contribution in [0.3, 0.4) is 0 Å². The molecule has 2 rings (SSSR count). The summed E-state index contributed by atoms with van der Waals surface area (Å²) in [5.41, 5.74) is 6.99. The van der Waals surface area contributed by atoms with Crippen molar-refractivity contribution in [3.05, 3.63) is 6.20 Å². The van der Waals surface area contributed by atoms with Gasteiger partial charge in [-0.2, -0.15) is 8.75 Å². The number of nitrogen functional groups attached to an aromatic ring is 1. The second-order valence-corrected chi connectivity index (χ2v) is 2.77. The third-order valence-electron chi connectivity index (χ3n) is 1.47. The van der Waals surface area contributed by atoms with Crippen molar-refractivity contribution < 1.29 is 0 Å². The Morgan fingerprint density at radius 1 is 1.50 bits per heavy atom. The Hall–Kier alpha value is -1.50. The number of nitrogens with zero attached hydrogens (tertiary/aromatic N) is 5. The van der Waals surface area contributed by atoms with E-state index in [2.05, 4.69) is 19.1 Å². The first-order valence-electron chi connectivity index (χ1n) is 3.22. The molecule has 12 heavy (non-hydrogen) atoms. The Bertz CT molecular complexity index is 352. The summed E-state index contributed by atoms with van der Waals surface area (Å²) in [6, 6.07) is 0. The third kappa shape index (κ3) is 0.944. The molecule has 0 aliphatic heterocycles. The number of rotatable bonds is 1. The smallest absolute Gasteiger partial charge is 0.167 e.